The van der Waals surface area contributed by atoms with Crippen molar-refractivity contribution >= 4 is 11.9 Å². The fraction of sp³-hybridized carbons (Fsp3) is 0.667. The number of hydrogen-bond donors (Lipinski definition) is 3. The highest BCUT2D eigenvalue weighted by Gasteiger charge is 2.47. The Balaban J connectivity index is 4.73. The maximum absolute atomic E-state index is 12.1. The van der Waals surface area contributed by atoms with E-state index in [9.17, 15) is 22.8 Å². The number of rotatable bonds is 4. The van der Waals surface area contributed by atoms with Gasteiger partial charge in [0.1, 0.15) is 6.04 Å². The summed E-state index contributed by atoms with van der Waals surface area (Å²) in [6.07, 6.45) is -6.28. The highest BCUT2D eigenvalue weighted by molar-refractivity contribution is 5.75. The molecule has 0 radical (unpaired) electrons. The van der Waals surface area contributed by atoms with Gasteiger partial charge in [0.15, 0.2) is 0 Å². The third kappa shape index (κ3) is 3.60. The summed E-state index contributed by atoms with van der Waals surface area (Å²) in [6.45, 7) is 0. The Kier molecular flexibility index (Phi) is 3.87. The number of halogens is 3. The first-order valence-electron chi connectivity index (χ1n) is 3.43. The molecule has 0 aliphatic rings. The molecule has 4 N–H and O–H groups in total. The second kappa shape index (κ2) is 4.27. The van der Waals surface area contributed by atoms with Gasteiger partial charge in [-0.1, -0.05) is 0 Å². The molecule has 0 aliphatic heterocycles. The van der Waals surface area contributed by atoms with Gasteiger partial charge in [-0.25, -0.2) is 0 Å². The second-order valence-electron chi connectivity index (χ2n) is 2.61. The predicted molar refractivity (Wildman–Crippen MR) is 37.4 cm³/mol. The summed E-state index contributed by atoms with van der Waals surface area (Å²) in [5, 5.41) is 16.3. The van der Waals surface area contributed by atoms with Gasteiger partial charge in [0.2, 0.25) is 0 Å². The molecule has 2 atom stereocenters. The topological polar surface area (TPSA) is 101 Å². The fourth-order valence-corrected chi connectivity index (χ4v) is 0.807. The van der Waals surface area contributed by atoms with E-state index < -0.39 is 36.5 Å². The monoisotopic (exact) mass is 215 g/mol. The van der Waals surface area contributed by atoms with Gasteiger partial charge in [-0.05, 0) is 0 Å². The second-order valence-corrected chi connectivity index (χ2v) is 2.61. The summed E-state index contributed by atoms with van der Waals surface area (Å²) >= 11 is 0. The van der Waals surface area contributed by atoms with E-state index in [1.165, 1.54) is 0 Å². The smallest absolute Gasteiger partial charge is 0.394 e. The lowest BCUT2D eigenvalue weighted by Gasteiger charge is -2.21. The van der Waals surface area contributed by atoms with Crippen LogP contribution in [0.4, 0.5) is 13.2 Å². The summed E-state index contributed by atoms with van der Waals surface area (Å²) in [5.74, 6) is -6.20. The van der Waals surface area contributed by atoms with Gasteiger partial charge in [-0.2, -0.15) is 13.2 Å². The molecular formula is C6H8F3NO4. The molecule has 0 aromatic rings. The zero-order chi connectivity index (χ0) is 11.5. The summed E-state index contributed by atoms with van der Waals surface area (Å²) in [7, 11) is 0. The largest absolute Gasteiger partial charge is 0.481 e. The number of hydrogen-bond acceptors (Lipinski definition) is 3. The molecule has 0 saturated heterocycles. The molecule has 0 aliphatic carbocycles. The van der Waals surface area contributed by atoms with Crippen LogP contribution in [0, 0.1) is 5.92 Å². The first kappa shape index (κ1) is 12.7. The standard InChI is InChI=1S/C6H8F3NO4/c7-6(8,9)2(1-3(11)12)4(10)5(13)14/h2,4H,1,10H2,(H,11,12)(H,13,14)/t2-,4-/m0/s1. The van der Waals surface area contributed by atoms with Crippen molar-refractivity contribution in [1.82, 2.24) is 0 Å². The minimum atomic E-state index is -4.93. The average Bonchev–Trinajstić information content (AvgIpc) is 1.96. The molecule has 0 saturated carbocycles. The lowest BCUT2D eigenvalue weighted by Crippen LogP contribution is -2.46. The molecular weight excluding hydrogens is 207 g/mol. The van der Waals surface area contributed by atoms with Gasteiger partial charge in [0, 0.05) is 0 Å². The Morgan fingerprint density at radius 3 is 1.93 bits per heavy atom. The van der Waals surface area contributed by atoms with Crippen LogP contribution in [0.2, 0.25) is 0 Å². The van der Waals surface area contributed by atoms with Crippen LogP contribution in [-0.4, -0.2) is 34.4 Å². The highest BCUT2D eigenvalue weighted by Crippen LogP contribution is 2.30. The molecule has 0 aromatic carbocycles. The molecule has 0 fully saturated rings. The zero-order valence-electron chi connectivity index (χ0n) is 6.78. The van der Waals surface area contributed by atoms with Crippen molar-refractivity contribution in [2.24, 2.45) is 11.7 Å². The average molecular weight is 215 g/mol. The highest BCUT2D eigenvalue weighted by atomic mass is 19.4. The maximum Gasteiger partial charge on any atom is 0.394 e. The van der Waals surface area contributed by atoms with E-state index in [-0.39, 0.29) is 0 Å². The summed E-state index contributed by atoms with van der Waals surface area (Å²) in [5.41, 5.74) is 4.71. The first-order valence-corrected chi connectivity index (χ1v) is 3.43. The van der Waals surface area contributed by atoms with Crippen LogP contribution in [0.15, 0.2) is 0 Å². The van der Waals surface area contributed by atoms with Crippen LogP contribution in [-0.2, 0) is 9.59 Å². The number of aliphatic carboxylic acids is 2. The summed E-state index contributed by atoms with van der Waals surface area (Å²) in [4.78, 5) is 20.2. The van der Waals surface area contributed by atoms with Crippen molar-refractivity contribution in [2.75, 3.05) is 0 Å². The molecule has 5 nitrogen and oxygen atoms in total. The molecule has 82 valence electrons. The third-order valence-electron chi connectivity index (χ3n) is 1.53. The molecule has 0 aromatic heterocycles. The van der Waals surface area contributed by atoms with E-state index in [0.29, 0.717) is 0 Å². The number of carboxylic acid groups (broad SMARTS) is 2. The van der Waals surface area contributed by atoms with Crippen molar-refractivity contribution in [3.8, 4) is 0 Å². The van der Waals surface area contributed by atoms with Gasteiger partial charge in [0.25, 0.3) is 0 Å². The minimum Gasteiger partial charge on any atom is -0.481 e. The van der Waals surface area contributed by atoms with Crippen LogP contribution in [0.1, 0.15) is 6.42 Å². The van der Waals surface area contributed by atoms with Crippen LogP contribution < -0.4 is 5.73 Å². The van der Waals surface area contributed by atoms with Gasteiger partial charge in [-0.3, -0.25) is 9.59 Å². The number of carbonyl (C=O) groups is 2. The summed E-state index contributed by atoms with van der Waals surface area (Å²) in [6, 6.07) is -2.26. The zero-order valence-corrected chi connectivity index (χ0v) is 6.78. The fourth-order valence-electron chi connectivity index (χ4n) is 0.807. The van der Waals surface area contributed by atoms with Crippen LogP contribution >= 0.6 is 0 Å². The lowest BCUT2D eigenvalue weighted by molar-refractivity contribution is -0.192. The SMILES string of the molecule is N[C@H](C(=O)O)[C@H](CC(=O)O)C(F)(F)F. The molecule has 0 unspecified atom stereocenters. The predicted octanol–water partition coefficient (Wildman–Crippen LogP) is 0.0515. The van der Waals surface area contributed by atoms with Crippen LogP contribution in [0.25, 0.3) is 0 Å². The molecule has 0 rings (SSSR count). The Bertz CT molecular complexity index is 240. The van der Waals surface area contributed by atoms with Crippen molar-refractivity contribution in [3.63, 3.8) is 0 Å². The lowest BCUT2D eigenvalue weighted by atomic mass is 9.96. The van der Waals surface area contributed by atoms with Gasteiger partial charge >= 0.3 is 18.1 Å². The third-order valence-corrected chi connectivity index (χ3v) is 1.53. The molecule has 0 spiro atoms. The van der Waals surface area contributed by atoms with Crippen molar-refractivity contribution in [1.29, 1.82) is 0 Å². The van der Waals surface area contributed by atoms with Crippen LogP contribution in [0.3, 0.4) is 0 Å². The van der Waals surface area contributed by atoms with Crippen LogP contribution in [0.5, 0.6) is 0 Å². The van der Waals surface area contributed by atoms with E-state index in [4.69, 9.17) is 15.9 Å². The van der Waals surface area contributed by atoms with Gasteiger partial charge in [-0.15, -0.1) is 0 Å². The number of carboxylic acids is 2. The van der Waals surface area contributed by atoms with Crippen molar-refractivity contribution in [3.05, 3.63) is 0 Å². The molecule has 0 bridgehead atoms. The van der Waals surface area contributed by atoms with Crippen molar-refractivity contribution in [2.45, 2.75) is 18.6 Å². The Morgan fingerprint density at radius 1 is 1.29 bits per heavy atom. The Morgan fingerprint density at radius 2 is 1.71 bits per heavy atom. The molecule has 8 heteroatoms. The van der Waals surface area contributed by atoms with E-state index in [2.05, 4.69) is 0 Å². The minimum absolute atomic E-state index is 1.35. The molecule has 0 heterocycles. The summed E-state index contributed by atoms with van der Waals surface area (Å²) < 4.78 is 36.3. The van der Waals surface area contributed by atoms with E-state index in [0.717, 1.165) is 0 Å². The van der Waals surface area contributed by atoms with Gasteiger partial charge in [0.05, 0.1) is 12.3 Å². The number of alkyl halides is 3. The van der Waals surface area contributed by atoms with E-state index >= 15 is 0 Å². The van der Waals surface area contributed by atoms with Crippen molar-refractivity contribution < 1.29 is 33.0 Å². The number of nitrogens with two attached hydrogens (primary N) is 1. The van der Waals surface area contributed by atoms with E-state index in [1.807, 2.05) is 0 Å². The molecule has 14 heavy (non-hydrogen) atoms. The maximum atomic E-state index is 12.1. The Labute approximate surface area is 76.3 Å². The van der Waals surface area contributed by atoms with Gasteiger partial charge < -0.3 is 15.9 Å². The quantitative estimate of drug-likeness (QED) is 0.615. The molecule has 0 amide bonds. The first-order chi connectivity index (χ1) is 6.16. The van der Waals surface area contributed by atoms with E-state index in [1.54, 1.807) is 0 Å². The Hall–Kier alpha value is -1.31. The normalized spacial score (nSPS) is 16.0.